The van der Waals surface area contributed by atoms with Gasteiger partial charge in [0.25, 0.3) is 0 Å². The molecule has 0 heterocycles. The molecule has 1 unspecified atom stereocenters. The Balaban J connectivity index is 2.35. The molecule has 2 N–H and O–H groups in total. The van der Waals surface area contributed by atoms with Gasteiger partial charge >= 0.3 is 0 Å². The molecule has 0 saturated heterocycles. The Bertz CT molecular complexity index is 303. The molecule has 0 aromatic heterocycles. The normalized spacial score (nSPS) is 12.6. The second kappa shape index (κ2) is 8.64. The van der Waals surface area contributed by atoms with Gasteiger partial charge in [0.2, 0.25) is 0 Å². The number of benzene rings is 1. The Hall–Kier alpha value is -0.420. The molecule has 0 aliphatic rings. The maximum Gasteiger partial charge on any atom is 0.0948 e. The molecule has 1 atom stereocenters. The molecule has 0 aliphatic carbocycles. The van der Waals surface area contributed by atoms with Gasteiger partial charge in [-0.05, 0) is 24.1 Å². The molecule has 0 aliphatic heterocycles. The van der Waals surface area contributed by atoms with Crippen LogP contribution in [0.15, 0.2) is 28.7 Å². The second-order valence-corrected chi connectivity index (χ2v) is 4.67. The quantitative estimate of drug-likeness (QED) is 0.751. The number of halogens is 1. The van der Waals surface area contributed by atoms with Crippen molar-refractivity contribution in [2.45, 2.75) is 19.4 Å². The lowest BCUT2D eigenvalue weighted by atomic mass is 10.1. The monoisotopic (exact) mass is 301 g/mol. The van der Waals surface area contributed by atoms with Crippen molar-refractivity contribution < 1.29 is 9.47 Å². The van der Waals surface area contributed by atoms with Crippen molar-refractivity contribution in [2.75, 3.05) is 26.4 Å². The van der Waals surface area contributed by atoms with E-state index in [1.54, 1.807) is 0 Å². The summed E-state index contributed by atoms with van der Waals surface area (Å²) in [6, 6.07) is 8.03. The van der Waals surface area contributed by atoms with E-state index in [0.29, 0.717) is 19.8 Å². The predicted molar refractivity (Wildman–Crippen MR) is 73.0 cm³/mol. The van der Waals surface area contributed by atoms with Gasteiger partial charge in [0.15, 0.2) is 0 Å². The Kier molecular flexibility index (Phi) is 7.44. The predicted octanol–water partition coefficient (Wildman–Crippen LogP) is 2.89. The van der Waals surface area contributed by atoms with Gasteiger partial charge < -0.3 is 15.2 Å². The van der Waals surface area contributed by atoms with Crippen LogP contribution < -0.4 is 5.73 Å². The van der Waals surface area contributed by atoms with Gasteiger partial charge in [-0.2, -0.15) is 0 Å². The second-order valence-electron chi connectivity index (χ2n) is 3.76. The standard InChI is InChI=1S/C13H20BrNO2/c1-2-7-16-8-9-17-13(10-15)11-3-5-12(14)6-4-11/h3-6,13H,2,7-10,15H2,1H3. The van der Waals surface area contributed by atoms with Crippen LogP contribution >= 0.6 is 15.9 Å². The fourth-order valence-electron chi connectivity index (χ4n) is 1.47. The zero-order chi connectivity index (χ0) is 12.5. The van der Waals surface area contributed by atoms with E-state index < -0.39 is 0 Å². The molecular weight excluding hydrogens is 282 g/mol. The molecule has 1 rings (SSSR count). The van der Waals surface area contributed by atoms with Crippen LogP contribution in [0.25, 0.3) is 0 Å². The summed E-state index contributed by atoms with van der Waals surface area (Å²) in [6.45, 7) is 4.56. The molecule has 0 bridgehead atoms. The third-order valence-electron chi connectivity index (χ3n) is 2.35. The Labute approximate surface area is 111 Å². The molecule has 3 nitrogen and oxygen atoms in total. The molecule has 0 amide bonds. The first-order valence-corrected chi connectivity index (χ1v) is 6.72. The first kappa shape index (κ1) is 14.6. The van der Waals surface area contributed by atoms with Crippen molar-refractivity contribution in [3.8, 4) is 0 Å². The Morgan fingerprint density at radius 3 is 2.47 bits per heavy atom. The third-order valence-corrected chi connectivity index (χ3v) is 2.88. The number of rotatable bonds is 8. The first-order chi connectivity index (χ1) is 8.27. The van der Waals surface area contributed by atoms with Gasteiger partial charge in [0.05, 0.1) is 19.3 Å². The highest BCUT2D eigenvalue weighted by atomic mass is 79.9. The lowest BCUT2D eigenvalue weighted by Crippen LogP contribution is -2.18. The summed E-state index contributed by atoms with van der Waals surface area (Å²) in [7, 11) is 0. The highest BCUT2D eigenvalue weighted by Gasteiger charge is 2.09. The number of ether oxygens (including phenoxy) is 2. The molecule has 1 aromatic carbocycles. The minimum absolute atomic E-state index is 0.0478. The van der Waals surface area contributed by atoms with Crippen molar-refractivity contribution >= 4 is 15.9 Å². The number of hydrogen-bond acceptors (Lipinski definition) is 3. The van der Waals surface area contributed by atoms with Crippen molar-refractivity contribution in [2.24, 2.45) is 5.73 Å². The van der Waals surface area contributed by atoms with Crippen LogP contribution in [0, 0.1) is 0 Å². The van der Waals surface area contributed by atoms with Gasteiger partial charge in [0.1, 0.15) is 0 Å². The van der Waals surface area contributed by atoms with E-state index in [1.165, 1.54) is 0 Å². The molecule has 96 valence electrons. The SMILES string of the molecule is CCCOCCOC(CN)c1ccc(Br)cc1. The van der Waals surface area contributed by atoms with Gasteiger partial charge in [-0.3, -0.25) is 0 Å². The van der Waals surface area contributed by atoms with Crippen molar-refractivity contribution in [3.63, 3.8) is 0 Å². The fourth-order valence-corrected chi connectivity index (χ4v) is 1.74. The van der Waals surface area contributed by atoms with Crippen LogP contribution in [0.4, 0.5) is 0 Å². The van der Waals surface area contributed by atoms with E-state index in [-0.39, 0.29) is 6.10 Å². The zero-order valence-corrected chi connectivity index (χ0v) is 11.8. The molecule has 0 radical (unpaired) electrons. The van der Waals surface area contributed by atoms with E-state index in [2.05, 4.69) is 22.9 Å². The van der Waals surface area contributed by atoms with Crippen LogP contribution in [-0.4, -0.2) is 26.4 Å². The summed E-state index contributed by atoms with van der Waals surface area (Å²) < 4.78 is 12.1. The number of nitrogens with two attached hydrogens (primary N) is 1. The van der Waals surface area contributed by atoms with Crippen molar-refractivity contribution in [1.29, 1.82) is 0 Å². The van der Waals surface area contributed by atoms with Crippen LogP contribution in [0.3, 0.4) is 0 Å². The smallest absolute Gasteiger partial charge is 0.0948 e. The average molecular weight is 302 g/mol. The summed E-state index contributed by atoms with van der Waals surface area (Å²) >= 11 is 3.41. The van der Waals surface area contributed by atoms with Gasteiger partial charge in [0, 0.05) is 17.6 Å². The van der Waals surface area contributed by atoms with Crippen molar-refractivity contribution in [1.82, 2.24) is 0 Å². The largest absolute Gasteiger partial charge is 0.379 e. The van der Waals surface area contributed by atoms with Crippen molar-refractivity contribution in [3.05, 3.63) is 34.3 Å². The maximum absolute atomic E-state index is 5.71. The van der Waals surface area contributed by atoms with Gasteiger partial charge in [-0.25, -0.2) is 0 Å². The Morgan fingerprint density at radius 2 is 1.88 bits per heavy atom. The van der Waals surface area contributed by atoms with Crippen LogP contribution in [0.1, 0.15) is 25.0 Å². The molecule has 0 fully saturated rings. The van der Waals surface area contributed by atoms with E-state index in [0.717, 1.165) is 23.1 Å². The highest BCUT2D eigenvalue weighted by molar-refractivity contribution is 9.10. The summed E-state index contributed by atoms with van der Waals surface area (Å²) in [5.74, 6) is 0. The lowest BCUT2D eigenvalue weighted by molar-refractivity contribution is 0.00765. The van der Waals surface area contributed by atoms with Gasteiger partial charge in [-0.15, -0.1) is 0 Å². The third kappa shape index (κ3) is 5.64. The summed E-state index contributed by atoms with van der Waals surface area (Å²) in [6.07, 6.45) is 0.987. The van der Waals surface area contributed by atoms with Crippen LogP contribution in [0.2, 0.25) is 0 Å². The highest BCUT2D eigenvalue weighted by Crippen LogP contribution is 2.18. The minimum Gasteiger partial charge on any atom is -0.379 e. The summed E-state index contributed by atoms with van der Waals surface area (Å²) in [5, 5.41) is 0. The van der Waals surface area contributed by atoms with Crippen LogP contribution in [0.5, 0.6) is 0 Å². The molecule has 0 saturated carbocycles. The first-order valence-electron chi connectivity index (χ1n) is 5.92. The fraction of sp³-hybridized carbons (Fsp3) is 0.538. The zero-order valence-electron chi connectivity index (χ0n) is 10.2. The van der Waals surface area contributed by atoms with Crippen LogP contribution in [-0.2, 0) is 9.47 Å². The van der Waals surface area contributed by atoms with Gasteiger partial charge in [-0.1, -0.05) is 35.0 Å². The average Bonchev–Trinajstić information content (AvgIpc) is 2.35. The molecule has 0 spiro atoms. The van der Waals surface area contributed by atoms with E-state index in [9.17, 15) is 0 Å². The Morgan fingerprint density at radius 1 is 1.18 bits per heavy atom. The molecule has 4 heteroatoms. The molecule has 17 heavy (non-hydrogen) atoms. The summed E-state index contributed by atoms with van der Waals surface area (Å²) in [5.41, 5.74) is 6.81. The minimum atomic E-state index is -0.0478. The maximum atomic E-state index is 5.71. The lowest BCUT2D eigenvalue weighted by Gasteiger charge is -2.16. The van der Waals surface area contributed by atoms with E-state index >= 15 is 0 Å². The topological polar surface area (TPSA) is 44.5 Å². The molecule has 1 aromatic rings. The van der Waals surface area contributed by atoms with E-state index in [1.807, 2.05) is 24.3 Å². The summed E-state index contributed by atoms with van der Waals surface area (Å²) in [4.78, 5) is 0. The van der Waals surface area contributed by atoms with E-state index in [4.69, 9.17) is 15.2 Å². The number of hydrogen-bond donors (Lipinski definition) is 1. The molecular formula is C13H20BrNO2.